The molecule has 0 bridgehead atoms. The summed E-state index contributed by atoms with van der Waals surface area (Å²) in [6.07, 6.45) is 17.1. The molecule has 0 amide bonds. The normalized spacial score (nSPS) is 22.7. The molecule has 2 aliphatic rings. The first-order valence-electron chi connectivity index (χ1n) is 5.11. The Labute approximate surface area is 130 Å². The fourth-order valence-electron chi connectivity index (χ4n) is 1.74. The molecule has 0 N–H and O–H groups in total. The van der Waals surface area contributed by atoms with Gasteiger partial charge in [-0.25, -0.2) is 0 Å². The fraction of sp³-hybridized carbons (Fsp3) is 0.385. The standard InChI is InChI=1S/C8H11.C5H5.3ClH.V/c1-8(2)6-4-3-5-7-8;1-2-4-5-3-1;;;;/h3-7H,1-2H3;1-3H,4H2;3*1H;/q;;;;;+3/p-3. The number of rotatable bonds is 2. The molecule has 0 aromatic carbocycles. The van der Waals surface area contributed by atoms with Crippen molar-refractivity contribution >= 4 is 0 Å². The van der Waals surface area contributed by atoms with Crippen LogP contribution in [0.25, 0.3) is 0 Å². The minimum atomic E-state index is 0. The van der Waals surface area contributed by atoms with Crippen molar-refractivity contribution in [2.75, 3.05) is 0 Å². The predicted octanol–water partition coefficient (Wildman–Crippen LogP) is -5.13. The average molecular weight is 330 g/mol. The van der Waals surface area contributed by atoms with E-state index in [0.29, 0.717) is 21.7 Å². The summed E-state index contributed by atoms with van der Waals surface area (Å²) in [5, 5.41) is 0. The zero-order valence-corrected chi connectivity index (χ0v) is 13.6. The summed E-state index contributed by atoms with van der Waals surface area (Å²) in [7, 11) is 0. The molecule has 0 aliphatic heterocycles. The molecule has 4 heteroatoms. The molecule has 17 heavy (non-hydrogen) atoms. The van der Waals surface area contributed by atoms with Crippen LogP contribution in [0.4, 0.5) is 0 Å². The van der Waals surface area contributed by atoms with Crippen molar-refractivity contribution in [3.8, 4) is 0 Å². The summed E-state index contributed by atoms with van der Waals surface area (Å²) in [6.45, 7) is 4.69. The molecule has 0 saturated carbocycles. The molecule has 1 atom stereocenters. The van der Waals surface area contributed by atoms with Gasteiger partial charge in [0.15, 0.2) is 0 Å². The second kappa shape index (κ2) is 8.50. The van der Waals surface area contributed by atoms with Gasteiger partial charge in [0.2, 0.25) is 0 Å². The summed E-state index contributed by atoms with van der Waals surface area (Å²) in [4.78, 5) is 0. The maximum atomic E-state index is 2.39. The van der Waals surface area contributed by atoms with Crippen LogP contribution in [0.5, 0.6) is 0 Å². The second-order valence-corrected chi connectivity index (χ2v) is 6.60. The van der Waals surface area contributed by atoms with E-state index in [2.05, 4.69) is 56.4 Å². The van der Waals surface area contributed by atoms with E-state index in [1.807, 2.05) is 0 Å². The summed E-state index contributed by atoms with van der Waals surface area (Å²) < 4.78 is 2.43. The minimum absolute atomic E-state index is 0. The largest absolute Gasteiger partial charge is 1.00 e. The van der Waals surface area contributed by atoms with E-state index in [0.717, 1.165) is 4.63 Å². The number of hydrogen-bond acceptors (Lipinski definition) is 0. The van der Waals surface area contributed by atoms with Crippen molar-refractivity contribution in [1.29, 1.82) is 0 Å². The van der Waals surface area contributed by atoms with Gasteiger partial charge in [-0.05, 0) is 0 Å². The van der Waals surface area contributed by atoms with Crippen molar-refractivity contribution < 1.29 is 53.5 Å². The van der Waals surface area contributed by atoms with E-state index in [9.17, 15) is 0 Å². The summed E-state index contributed by atoms with van der Waals surface area (Å²) >= 11 is 0.324. The first-order valence-corrected chi connectivity index (χ1v) is 6.61. The molecular weight excluding hydrogens is 313 g/mol. The third-order valence-corrected chi connectivity index (χ3v) is 5.53. The zero-order chi connectivity index (χ0) is 10.0. The number of halogens is 3. The quantitative estimate of drug-likeness (QED) is 0.475. The molecule has 0 aromatic heterocycles. The van der Waals surface area contributed by atoms with Crippen LogP contribution < -0.4 is 37.2 Å². The van der Waals surface area contributed by atoms with Gasteiger partial charge < -0.3 is 37.2 Å². The van der Waals surface area contributed by atoms with Crippen molar-refractivity contribution in [2.24, 2.45) is 5.41 Å². The van der Waals surface area contributed by atoms with Crippen LogP contribution in [-0.2, 0) is 16.3 Å². The van der Waals surface area contributed by atoms with Gasteiger partial charge in [0.25, 0.3) is 0 Å². The van der Waals surface area contributed by atoms with Gasteiger partial charge >= 0.3 is 93.4 Å². The Morgan fingerprint density at radius 2 is 1.82 bits per heavy atom. The van der Waals surface area contributed by atoms with Crippen LogP contribution in [0, 0.1) is 5.41 Å². The Balaban J connectivity index is 0. The monoisotopic (exact) mass is 328 g/mol. The molecule has 1 unspecified atom stereocenters. The molecule has 2 rings (SSSR count). The Morgan fingerprint density at radius 3 is 2.35 bits per heavy atom. The summed E-state index contributed by atoms with van der Waals surface area (Å²) in [5.74, 6) is 0. The maximum Gasteiger partial charge on any atom is -1.00 e. The Hall–Kier alpha value is 0.414. The maximum absolute atomic E-state index is 2.39. The predicted molar refractivity (Wildman–Crippen MR) is 57.7 cm³/mol. The van der Waals surface area contributed by atoms with Crippen LogP contribution in [0.15, 0.2) is 46.8 Å². The van der Waals surface area contributed by atoms with E-state index in [4.69, 9.17) is 0 Å². The fourth-order valence-corrected chi connectivity index (χ4v) is 3.84. The molecule has 0 radical (unpaired) electrons. The second-order valence-electron chi connectivity index (χ2n) is 4.43. The van der Waals surface area contributed by atoms with Gasteiger partial charge in [0.1, 0.15) is 0 Å². The Morgan fingerprint density at radius 1 is 1.12 bits per heavy atom. The van der Waals surface area contributed by atoms with Crippen LogP contribution in [-0.4, -0.2) is 0 Å². The van der Waals surface area contributed by atoms with Crippen molar-refractivity contribution in [2.45, 2.75) is 24.9 Å². The topological polar surface area (TPSA) is 0 Å². The molecule has 2 aliphatic carbocycles. The van der Waals surface area contributed by atoms with Gasteiger partial charge in [-0.2, -0.15) is 0 Å². The number of allylic oxidation sites excluding steroid dienone is 8. The Bertz CT molecular complexity index is 341. The molecule has 94 valence electrons. The Kier molecular flexibility index (Phi) is 9.88. The minimum Gasteiger partial charge on any atom is -1.00 e. The van der Waals surface area contributed by atoms with Gasteiger partial charge in [0, 0.05) is 0 Å². The van der Waals surface area contributed by atoms with Crippen molar-refractivity contribution in [3.05, 3.63) is 46.8 Å². The van der Waals surface area contributed by atoms with Crippen LogP contribution in [0.2, 0.25) is 4.63 Å². The molecule has 0 nitrogen and oxygen atoms in total. The van der Waals surface area contributed by atoms with E-state index in [1.165, 1.54) is 6.42 Å². The molecule has 0 aromatic rings. The first kappa shape index (κ1) is 19.7. The van der Waals surface area contributed by atoms with Gasteiger partial charge in [0.05, 0.1) is 0 Å². The molecule has 0 heterocycles. The molecular formula is C13H16Cl3V. The van der Waals surface area contributed by atoms with Crippen LogP contribution >= 0.6 is 0 Å². The average Bonchev–Trinajstić information content (AvgIpc) is 2.61. The molecule has 0 fully saturated rings. The van der Waals surface area contributed by atoms with E-state index in [1.54, 1.807) is 4.28 Å². The van der Waals surface area contributed by atoms with E-state index < -0.39 is 0 Å². The van der Waals surface area contributed by atoms with Crippen LogP contribution in [0.3, 0.4) is 0 Å². The van der Waals surface area contributed by atoms with E-state index >= 15 is 0 Å². The zero-order valence-electron chi connectivity index (χ0n) is 9.91. The SMILES string of the molecule is CC1(C)C=CC=C[CH]1[V+3][C]1=CC=CC1.[Cl-].[Cl-].[Cl-]. The smallest absolute Gasteiger partial charge is 1.00 e. The summed E-state index contributed by atoms with van der Waals surface area (Å²) in [5.41, 5.74) is 0.359. The van der Waals surface area contributed by atoms with E-state index in [-0.39, 0.29) is 37.2 Å². The van der Waals surface area contributed by atoms with Crippen molar-refractivity contribution in [1.82, 2.24) is 0 Å². The summed E-state index contributed by atoms with van der Waals surface area (Å²) in [6, 6.07) is 0. The third kappa shape index (κ3) is 5.28. The van der Waals surface area contributed by atoms with Gasteiger partial charge in [-0.3, -0.25) is 0 Å². The third-order valence-electron chi connectivity index (χ3n) is 2.75. The van der Waals surface area contributed by atoms with Gasteiger partial charge in [-0.15, -0.1) is 0 Å². The first-order chi connectivity index (χ1) is 6.68. The van der Waals surface area contributed by atoms with Gasteiger partial charge in [-0.1, -0.05) is 0 Å². The van der Waals surface area contributed by atoms with Crippen molar-refractivity contribution in [3.63, 3.8) is 0 Å². The molecule has 0 spiro atoms. The number of hydrogen-bond donors (Lipinski definition) is 0. The van der Waals surface area contributed by atoms with Crippen LogP contribution in [0.1, 0.15) is 20.3 Å². The molecule has 0 saturated heterocycles.